The van der Waals surface area contributed by atoms with Crippen molar-refractivity contribution in [1.29, 1.82) is 0 Å². The van der Waals surface area contributed by atoms with E-state index in [1.165, 1.54) is 6.92 Å². The molecule has 2 aromatic carbocycles. The number of benzene rings is 2. The molecule has 1 heterocycles. The summed E-state index contributed by atoms with van der Waals surface area (Å²) in [5.41, 5.74) is 4.07. The van der Waals surface area contributed by atoms with E-state index in [0.717, 1.165) is 11.3 Å². The highest BCUT2D eigenvalue weighted by Crippen LogP contribution is 2.47. The van der Waals surface area contributed by atoms with Gasteiger partial charge in [-0.3, -0.25) is 9.59 Å². The van der Waals surface area contributed by atoms with Crippen molar-refractivity contribution in [3.63, 3.8) is 0 Å². The first-order valence-corrected chi connectivity index (χ1v) is 13.7. The van der Waals surface area contributed by atoms with Crippen molar-refractivity contribution in [1.82, 2.24) is 5.32 Å². The van der Waals surface area contributed by atoms with Crippen LogP contribution < -0.4 is 14.8 Å². The lowest BCUT2D eigenvalue weighted by Crippen LogP contribution is -2.36. The van der Waals surface area contributed by atoms with E-state index in [9.17, 15) is 14.4 Å². The Labute approximate surface area is 234 Å². The van der Waals surface area contributed by atoms with Crippen LogP contribution in [-0.4, -0.2) is 30.4 Å². The molecule has 1 N–H and O–H groups in total. The topological polar surface area (TPSA) is 90.9 Å². The highest BCUT2D eigenvalue weighted by Gasteiger charge is 2.42. The van der Waals surface area contributed by atoms with Crippen molar-refractivity contribution < 1.29 is 28.6 Å². The number of ketones is 1. The van der Waals surface area contributed by atoms with Crippen LogP contribution in [0.25, 0.3) is 0 Å². The summed E-state index contributed by atoms with van der Waals surface area (Å²) in [5.74, 6) is -1.04. The molecular weight excluding hydrogens is 518 g/mol. The van der Waals surface area contributed by atoms with E-state index < -0.39 is 17.9 Å². The van der Waals surface area contributed by atoms with Gasteiger partial charge < -0.3 is 19.5 Å². The molecule has 7 nitrogen and oxygen atoms in total. The minimum Gasteiger partial charge on any atom is -0.490 e. The van der Waals surface area contributed by atoms with Gasteiger partial charge >= 0.3 is 11.9 Å². The quantitative estimate of drug-likeness (QED) is 0.301. The van der Waals surface area contributed by atoms with Gasteiger partial charge in [0, 0.05) is 41.3 Å². The van der Waals surface area contributed by atoms with Crippen molar-refractivity contribution in [2.75, 3.05) is 6.61 Å². The Kier molecular flexibility index (Phi) is 8.80. The lowest BCUT2D eigenvalue weighted by Gasteiger charge is -2.37. The maximum Gasteiger partial charge on any atom is 0.337 e. The van der Waals surface area contributed by atoms with Gasteiger partial charge in [0.15, 0.2) is 17.3 Å². The predicted molar refractivity (Wildman–Crippen MR) is 149 cm³/mol. The Morgan fingerprint density at radius 3 is 2.38 bits per heavy atom. The predicted octanol–water partition coefficient (Wildman–Crippen LogP) is 6.37. The van der Waals surface area contributed by atoms with Crippen LogP contribution in [0.15, 0.2) is 65.0 Å². The summed E-state index contributed by atoms with van der Waals surface area (Å²) in [6, 6.07) is 12.7. The Morgan fingerprint density at radius 2 is 1.74 bits per heavy atom. The summed E-state index contributed by atoms with van der Waals surface area (Å²) in [4.78, 5) is 39.0. The van der Waals surface area contributed by atoms with Gasteiger partial charge in [-0.25, -0.2) is 4.79 Å². The van der Waals surface area contributed by atoms with Crippen LogP contribution in [-0.2, 0) is 19.1 Å². The second-order valence-electron chi connectivity index (χ2n) is 9.93. The highest BCUT2D eigenvalue weighted by molar-refractivity contribution is 6.30. The lowest BCUT2D eigenvalue weighted by atomic mass is 9.71. The van der Waals surface area contributed by atoms with Gasteiger partial charge in [-0.2, -0.15) is 0 Å². The minimum atomic E-state index is -0.665. The van der Waals surface area contributed by atoms with Crippen LogP contribution in [0.2, 0.25) is 5.02 Å². The zero-order chi connectivity index (χ0) is 28.3. The second-order valence-corrected chi connectivity index (χ2v) is 10.4. The van der Waals surface area contributed by atoms with Gasteiger partial charge in [0.25, 0.3) is 0 Å². The Balaban J connectivity index is 1.82. The lowest BCUT2D eigenvalue weighted by molar-refractivity contribution is -0.144. The zero-order valence-electron chi connectivity index (χ0n) is 22.9. The first kappa shape index (κ1) is 28.4. The number of carbonyl (C=O) groups is 3. The molecule has 3 atom stereocenters. The molecule has 0 unspecified atom stereocenters. The van der Waals surface area contributed by atoms with Crippen molar-refractivity contribution in [3.8, 4) is 11.5 Å². The van der Waals surface area contributed by atoms with Gasteiger partial charge in [0.1, 0.15) is 0 Å². The number of carbonyl (C=O) groups excluding carboxylic acids is 3. The number of nitrogens with one attached hydrogen (secondary N) is 1. The molecule has 8 heteroatoms. The van der Waals surface area contributed by atoms with E-state index in [1.54, 1.807) is 18.2 Å². The molecule has 2 aliphatic rings. The molecule has 4 rings (SSSR count). The normalized spacial score (nSPS) is 19.7. The van der Waals surface area contributed by atoms with Crippen molar-refractivity contribution in [3.05, 3.63) is 81.2 Å². The van der Waals surface area contributed by atoms with Crippen LogP contribution >= 0.6 is 11.6 Å². The number of hydrogen-bond acceptors (Lipinski definition) is 7. The van der Waals surface area contributed by atoms with Gasteiger partial charge in [-0.1, -0.05) is 36.7 Å². The van der Waals surface area contributed by atoms with Crippen LogP contribution in [0.3, 0.4) is 0 Å². The maximum absolute atomic E-state index is 13.8. The summed E-state index contributed by atoms with van der Waals surface area (Å²) in [5, 5.41) is 4.01. The smallest absolute Gasteiger partial charge is 0.337 e. The van der Waals surface area contributed by atoms with E-state index in [4.69, 9.17) is 25.8 Å². The Hall–Kier alpha value is -3.58. The molecule has 0 bridgehead atoms. The van der Waals surface area contributed by atoms with E-state index in [1.807, 2.05) is 52.0 Å². The third kappa shape index (κ3) is 6.19. The van der Waals surface area contributed by atoms with Crippen LogP contribution in [0.5, 0.6) is 11.5 Å². The number of dihydropyridines is 1. The summed E-state index contributed by atoms with van der Waals surface area (Å²) in [6.07, 6.45) is 1.29. The molecule has 0 aromatic heterocycles. The first-order chi connectivity index (χ1) is 18.6. The van der Waals surface area contributed by atoms with E-state index in [0.29, 0.717) is 59.0 Å². The number of ether oxygens (including phenoxy) is 3. The molecule has 0 amide bonds. The molecule has 0 saturated heterocycles. The number of esters is 2. The molecule has 206 valence electrons. The average molecular weight is 552 g/mol. The molecule has 0 radical (unpaired) electrons. The zero-order valence-corrected chi connectivity index (χ0v) is 23.7. The van der Waals surface area contributed by atoms with Crippen molar-refractivity contribution in [2.45, 2.75) is 71.8 Å². The second kappa shape index (κ2) is 12.1. The number of Topliss-reactive ketones (excluding diaryl/α,β-unsaturated/α-hetero) is 1. The molecule has 0 saturated carbocycles. The number of halogens is 1. The van der Waals surface area contributed by atoms with Crippen LogP contribution in [0.4, 0.5) is 0 Å². The average Bonchev–Trinajstić information content (AvgIpc) is 2.88. The van der Waals surface area contributed by atoms with Crippen molar-refractivity contribution >= 4 is 29.3 Å². The highest BCUT2D eigenvalue weighted by atomic mass is 35.5. The number of allylic oxidation sites excluding steroid dienone is 3. The number of hydrogen-bond donors (Lipinski definition) is 1. The molecule has 39 heavy (non-hydrogen) atoms. The fourth-order valence-corrected chi connectivity index (χ4v) is 5.28. The van der Waals surface area contributed by atoms with Gasteiger partial charge in [-0.05, 0) is 74.9 Å². The van der Waals surface area contributed by atoms with E-state index in [2.05, 4.69) is 5.32 Å². The summed E-state index contributed by atoms with van der Waals surface area (Å²) >= 11 is 6.09. The van der Waals surface area contributed by atoms with Gasteiger partial charge in [0.2, 0.25) is 0 Å². The molecule has 0 spiro atoms. The first-order valence-electron chi connectivity index (χ1n) is 13.3. The SMILES string of the molecule is CCOc1cc([C@H]2C(C(=O)O[C@H](C)CC)=C(C)NC3=C2C(=O)C[C@H](c2ccc(Cl)cc2)C3)ccc1OC(C)=O. The van der Waals surface area contributed by atoms with E-state index >= 15 is 0 Å². The molecule has 0 fully saturated rings. The third-order valence-electron chi connectivity index (χ3n) is 7.13. The van der Waals surface area contributed by atoms with E-state index in [-0.39, 0.29) is 23.6 Å². The monoisotopic (exact) mass is 551 g/mol. The molecule has 1 aliphatic heterocycles. The Morgan fingerprint density at radius 1 is 1.05 bits per heavy atom. The minimum absolute atomic E-state index is 0.0200. The molecular formula is C31H34ClNO6. The van der Waals surface area contributed by atoms with Gasteiger partial charge in [0.05, 0.1) is 18.3 Å². The molecule has 1 aliphatic carbocycles. The number of rotatable bonds is 8. The van der Waals surface area contributed by atoms with Crippen LogP contribution in [0, 0.1) is 0 Å². The standard InChI is InChI=1S/C31H34ClNO6/c1-6-17(3)38-31(36)28-18(4)33-24-14-22(20-8-11-23(32)12-9-20)15-25(35)30(24)29(28)21-10-13-26(39-19(5)34)27(16-21)37-7-2/h8-13,16-17,22,29,33H,6-7,14-15H2,1-5H3/t17-,22-,29+/m1/s1. The maximum atomic E-state index is 13.8. The summed E-state index contributed by atoms with van der Waals surface area (Å²) in [6.45, 7) is 9.11. The fourth-order valence-electron chi connectivity index (χ4n) is 5.15. The van der Waals surface area contributed by atoms with Crippen LogP contribution in [0.1, 0.15) is 76.8 Å². The largest absolute Gasteiger partial charge is 0.490 e. The Bertz CT molecular complexity index is 1340. The third-order valence-corrected chi connectivity index (χ3v) is 7.38. The van der Waals surface area contributed by atoms with Crippen molar-refractivity contribution in [2.24, 2.45) is 0 Å². The summed E-state index contributed by atoms with van der Waals surface area (Å²) in [7, 11) is 0. The summed E-state index contributed by atoms with van der Waals surface area (Å²) < 4.78 is 16.9. The fraction of sp³-hybridized carbons (Fsp3) is 0.387. The molecule has 2 aromatic rings. The van der Waals surface area contributed by atoms with Gasteiger partial charge in [-0.15, -0.1) is 0 Å².